The first kappa shape index (κ1) is 21.0. The predicted molar refractivity (Wildman–Crippen MR) is 115 cm³/mol. The summed E-state index contributed by atoms with van der Waals surface area (Å²) < 4.78 is 20.0. The van der Waals surface area contributed by atoms with Crippen LogP contribution in [0.5, 0.6) is 0 Å². The lowest BCUT2D eigenvalue weighted by molar-refractivity contribution is -0.113. The summed E-state index contributed by atoms with van der Waals surface area (Å²) >= 11 is 7.36. The van der Waals surface area contributed by atoms with Crippen molar-refractivity contribution in [3.63, 3.8) is 0 Å². The number of benzene rings is 2. The lowest BCUT2D eigenvalue weighted by Crippen LogP contribution is -2.14. The standard InChI is InChI=1S/C20H16ClFN6O2S/c1-11-3-8-15(14(21)9-11)23-16(29)10-31-20-26-25-18(28(20)2)19-24-17(27-30-19)12-4-6-13(22)7-5-12/h3-9H,10H2,1-2H3,(H,23,29). The number of thioether (sulfide) groups is 1. The number of hydrogen-bond acceptors (Lipinski definition) is 7. The van der Waals surface area contributed by atoms with Crippen LogP contribution in [-0.2, 0) is 11.8 Å². The van der Waals surface area contributed by atoms with Gasteiger partial charge in [0.05, 0.1) is 16.5 Å². The molecule has 0 unspecified atom stereocenters. The van der Waals surface area contributed by atoms with Gasteiger partial charge in [0, 0.05) is 12.6 Å². The molecule has 0 saturated heterocycles. The fourth-order valence-corrected chi connectivity index (χ4v) is 3.69. The monoisotopic (exact) mass is 458 g/mol. The van der Waals surface area contributed by atoms with E-state index in [4.69, 9.17) is 16.1 Å². The first-order valence-electron chi connectivity index (χ1n) is 9.09. The van der Waals surface area contributed by atoms with E-state index in [0.29, 0.717) is 33.1 Å². The van der Waals surface area contributed by atoms with E-state index in [9.17, 15) is 9.18 Å². The summed E-state index contributed by atoms with van der Waals surface area (Å²) in [5.41, 5.74) is 2.17. The maximum absolute atomic E-state index is 13.1. The molecule has 1 amide bonds. The van der Waals surface area contributed by atoms with Gasteiger partial charge in [-0.2, -0.15) is 4.98 Å². The van der Waals surface area contributed by atoms with Gasteiger partial charge in [-0.15, -0.1) is 10.2 Å². The Morgan fingerprint density at radius 3 is 2.74 bits per heavy atom. The summed E-state index contributed by atoms with van der Waals surface area (Å²) in [7, 11) is 1.73. The summed E-state index contributed by atoms with van der Waals surface area (Å²) in [5, 5.41) is 15.8. The molecule has 1 N–H and O–H groups in total. The molecule has 31 heavy (non-hydrogen) atoms. The summed E-state index contributed by atoms with van der Waals surface area (Å²) in [6, 6.07) is 11.2. The summed E-state index contributed by atoms with van der Waals surface area (Å²) in [5.74, 6) is 0.359. The van der Waals surface area contributed by atoms with Crippen molar-refractivity contribution in [3.05, 3.63) is 58.9 Å². The normalized spacial score (nSPS) is 11.0. The van der Waals surface area contributed by atoms with Gasteiger partial charge in [0.25, 0.3) is 5.89 Å². The number of halogens is 2. The Balaban J connectivity index is 1.42. The van der Waals surface area contributed by atoms with Gasteiger partial charge < -0.3 is 14.4 Å². The van der Waals surface area contributed by atoms with Crippen LogP contribution in [0.4, 0.5) is 10.1 Å². The van der Waals surface area contributed by atoms with Gasteiger partial charge in [0.1, 0.15) is 5.82 Å². The van der Waals surface area contributed by atoms with E-state index in [2.05, 4.69) is 25.7 Å². The van der Waals surface area contributed by atoms with Crippen molar-refractivity contribution in [2.75, 3.05) is 11.1 Å². The second-order valence-corrected chi connectivity index (χ2v) is 7.97. The van der Waals surface area contributed by atoms with Crippen molar-refractivity contribution in [3.8, 4) is 23.1 Å². The molecule has 0 aliphatic heterocycles. The summed E-state index contributed by atoms with van der Waals surface area (Å²) in [4.78, 5) is 16.6. The Morgan fingerprint density at radius 1 is 1.23 bits per heavy atom. The van der Waals surface area contributed by atoms with E-state index in [1.54, 1.807) is 35.9 Å². The number of carbonyl (C=O) groups excluding carboxylic acids is 1. The molecule has 4 aromatic rings. The van der Waals surface area contributed by atoms with Crippen molar-refractivity contribution in [2.45, 2.75) is 12.1 Å². The van der Waals surface area contributed by atoms with Gasteiger partial charge in [0.15, 0.2) is 5.16 Å². The Morgan fingerprint density at radius 2 is 2.00 bits per heavy atom. The quantitative estimate of drug-likeness (QED) is 0.428. The van der Waals surface area contributed by atoms with Gasteiger partial charge in [-0.05, 0) is 48.9 Å². The molecule has 0 radical (unpaired) electrons. The average molecular weight is 459 g/mol. The smallest absolute Gasteiger partial charge is 0.296 e. The molecule has 4 rings (SSSR count). The van der Waals surface area contributed by atoms with Crippen LogP contribution in [0.3, 0.4) is 0 Å². The maximum Gasteiger partial charge on any atom is 0.296 e. The molecule has 0 aliphatic rings. The third-order valence-corrected chi connectivity index (χ3v) is 5.62. The fraction of sp³-hybridized carbons (Fsp3) is 0.150. The number of anilines is 1. The molecular weight excluding hydrogens is 443 g/mol. The van der Waals surface area contributed by atoms with Gasteiger partial charge in [-0.25, -0.2) is 4.39 Å². The number of aryl methyl sites for hydroxylation is 1. The minimum absolute atomic E-state index is 0.112. The zero-order chi connectivity index (χ0) is 22.0. The summed E-state index contributed by atoms with van der Waals surface area (Å²) in [6.45, 7) is 1.92. The highest BCUT2D eigenvalue weighted by Crippen LogP contribution is 2.26. The van der Waals surface area contributed by atoms with Crippen molar-refractivity contribution in [1.29, 1.82) is 0 Å². The zero-order valence-electron chi connectivity index (χ0n) is 16.5. The van der Waals surface area contributed by atoms with Crippen LogP contribution in [0.2, 0.25) is 5.02 Å². The van der Waals surface area contributed by atoms with Gasteiger partial charge in [0.2, 0.25) is 17.6 Å². The predicted octanol–water partition coefficient (Wildman–Crippen LogP) is 4.36. The second-order valence-electron chi connectivity index (χ2n) is 6.62. The molecule has 2 aromatic carbocycles. The molecule has 0 atom stereocenters. The Hall–Kier alpha value is -3.24. The van der Waals surface area contributed by atoms with Crippen LogP contribution < -0.4 is 5.32 Å². The van der Waals surface area contributed by atoms with Crippen LogP contribution >= 0.6 is 23.4 Å². The van der Waals surface area contributed by atoms with Crippen LogP contribution in [0.15, 0.2) is 52.1 Å². The molecule has 0 saturated carbocycles. The minimum Gasteiger partial charge on any atom is -0.330 e. The topological polar surface area (TPSA) is 98.7 Å². The lowest BCUT2D eigenvalue weighted by atomic mass is 10.2. The van der Waals surface area contributed by atoms with E-state index in [-0.39, 0.29) is 23.4 Å². The molecular formula is C20H16ClFN6O2S. The lowest BCUT2D eigenvalue weighted by Gasteiger charge is -2.07. The SMILES string of the molecule is Cc1ccc(NC(=O)CSc2nnc(-c3nc(-c4ccc(F)cc4)no3)n2C)c(Cl)c1. The first-order valence-corrected chi connectivity index (χ1v) is 10.5. The molecule has 11 heteroatoms. The highest BCUT2D eigenvalue weighted by molar-refractivity contribution is 7.99. The number of aromatic nitrogens is 5. The molecule has 0 spiro atoms. The van der Waals surface area contributed by atoms with Crippen LogP contribution in [0.1, 0.15) is 5.56 Å². The largest absolute Gasteiger partial charge is 0.330 e. The van der Waals surface area contributed by atoms with Crippen molar-refractivity contribution < 1.29 is 13.7 Å². The molecule has 8 nitrogen and oxygen atoms in total. The van der Waals surface area contributed by atoms with Crippen molar-refractivity contribution in [1.82, 2.24) is 24.9 Å². The maximum atomic E-state index is 13.1. The second kappa shape index (κ2) is 8.86. The molecule has 2 heterocycles. The molecule has 2 aromatic heterocycles. The Bertz CT molecular complexity index is 1240. The molecule has 0 fully saturated rings. The Kier molecular flexibility index (Phi) is 6.01. The highest BCUT2D eigenvalue weighted by Gasteiger charge is 2.19. The third-order valence-electron chi connectivity index (χ3n) is 4.29. The van der Waals surface area contributed by atoms with Gasteiger partial charge in [-0.1, -0.05) is 34.6 Å². The molecule has 158 valence electrons. The van der Waals surface area contributed by atoms with Crippen LogP contribution in [0.25, 0.3) is 23.1 Å². The number of amides is 1. The fourth-order valence-electron chi connectivity index (χ4n) is 2.70. The van der Waals surface area contributed by atoms with Crippen LogP contribution in [0, 0.1) is 12.7 Å². The minimum atomic E-state index is -0.351. The number of hydrogen-bond donors (Lipinski definition) is 1. The van der Waals surface area contributed by atoms with E-state index >= 15 is 0 Å². The van der Waals surface area contributed by atoms with E-state index in [0.717, 1.165) is 5.56 Å². The van der Waals surface area contributed by atoms with Crippen LogP contribution in [-0.4, -0.2) is 36.6 Å². The van der Waals surface area contributed by atoms with Gasteiger partial charge in [-0.3, -0.25) is 4.79 Å². The number of carbonyl (C=O) groups is 1. The summed E-state index contributed by atoms with van der Waals surface area (Å²) in [6.07, 6.45) is 0. The van der Waals surface area contributed by atoms with Gasteiger partial charge >= 0.3 is 0 Å². The number of nitrogens with one attached hydrogen (secondary N) is 1. The third kappa shape index (κ3) is 4.75. The average Bonchev–Trinajstić information content (AvgIpc) is 3.36. The van der Waals surface area contributed by atoms with Crippen molar-refractivity contribution >= 4 is 35.0 Å². The molecule has 0 bridgehead atoms. The zero-order valence-corrected chi connectivity index (χ0v) is 18.0. The van der Waals surface area contributed by atoms with E-state index in [1.807, 2.05) is 13.0 Å². The van der Waals surface area contributed by atoms with E-state index in [1.165, 1.54) is 23.9 Å². The van der Waals surface area contributed by atoms with Crippen molar-refractivity contribution in [2.24, 2.45) is 7.05 Å². The number of nitrogens with zero attached hydrogens (tertiary/aromatic N) is 5. The first-order chi connectivity index (χ1) is 14.9. The van der Waals surface area contributed by atoms with E-state index < -0.39 is 0 Å². The molecule has 0 aliphatic carbocycles. The Labute approximate surface area is 185 Å². The number of rotatable bonds is 6. The highest BCUT2D eigenvalue weighted by atomic mass is 35.5.